The minimum atomic E-state index is -0.0663. The maximum absolute atomic E-state index is 6.40. The molecule has 0 amide bonds. The van der Waals surface area contributed by atoms with Gasteiger partial charge >= 0.3 is 0 Å². The van der Waals surface area contributed by atoms with Crippen LogP contribution < -0.4 is 5.32 Å². The van der Waals surface area contributed by atoms with E-state index >= 15 is 0 Å². The van der Waals surface area contributed by atoms with Crippen LogP contribution in [0.25, 0.3) is 11.3 Å². The zero-order valence-corrected chi connectivity index (χ0v) is 19.3. The molecule has 1 saturated carbocycles. The van der Waals surface area contributed by atoms with Crippen molar-refractivity contribution in [3.8, 4) is 11.3 Å². The fourth-order valence-corrected chi connectivity index (χ4v) is 5.43. The maximum atomic E-state index is 6.40. The van der Waals surface area contributed by atoms with Crippen molar-refractivity contribution < 1.29 is 4.42 Å². The van der Waals surface area contributed by atoms with Gasteiger partial charge < -0.3 is 14.6 Å². The molecule has 31 heavy (non-hydrogen) atoms. The van der Waals surface area contributed by atoms with Crippen LogP contribution in [0, 0.1) is 0 Å². The summed E-state index contributed by atoms with van der Waals surface area (Å²) in [6, 6.07) is 15.9. The van der Waals surface area contributed by atoms with Crippen LogP contribution in [0.3, 0.4) is 0 Å². The maximum Gasteiger partial charge on any atom is 0.170 e. The third kappa shape index (κ3) is 4.07. The molecule has 1 saturated heterocycles. The first-order chi connectivity index (χ1) is 15.1. The molecule has 0 unspecified atom stereocenters. The average Bonchev–Trinajstić information content (AvgIpc) is 3.41. The number of benzene rings is 1. The summed E-state index contributed by atoms with van der Waals surface area (Å²) in [5.74, 6) is 1.63. The number of thiocarbonyl (C=S) groups is 1. The lowest BCUT2D eigenvalue weighted by atomic mass is 9.92. The van der Waals surface area contributed by atoms with E-state index in [1.165, 1.54) is 19.3 Å². The summed E-state index contributed by atoms with van der Waals surface area (Å²) in [5, 5.41) is 5.34. The average molecular weight is 472 g/mol. The lowest BCUT2D eigenvalue weighted by molar-refractivity contribution is 0.179. The van der Waals surface area contributed by atoms with Crippen molar-refractivity contribution in [2.45, 2.75) is 50.2 Å². The second kappa shape index (κ2) is 8.81. The van der Waals surface area contributed by atoms with Crippen LogP contribution in [0.5, 0.6) is 0 Å². The van der Waals surface area contributed by atoms with Gasteiger partial charge in [-0.05, 0) is 67.5 Å². The van der Waals surface area contributed by atoms with E-state index in [9.17, 15) is 0 Å². The molecule has 1 aliphatic heterocycles. The number of pyridine rings is 1. The second-order valence-electron chi connectivity index (χ2n) is 8.16. The number of furan rings is 1. The van der Waals surface area contributed by atoms with Crippen LogP contribution in [-0.4, -0.2) is 21.0 Å². The van der Waals surface area contributed by atoms with Crippen LogP contribution in [0.4, 0.5) is 0 Å². The Morgan fingerprint density at radius 3 is 2.58 bits per heavy atom. The van der Waals surface area contributed by atoms with Crippen LogP contribution in [-0.2, 0) is 0 Å². The summed E-state index contributed by atoms with van der Waals surface area (Å²) in [7, 11) is 0. The Labute approximate surface area is 197 Å². The molecule has 0 radical (unpaired) electrons. The summed E-state index contributed by atoms with van der Waals surface area (Å²) in [6.45, 7) is 0. The highest BCUT2D eigenvalue weighted by atomic mass is 35.5. The SMILES string of the molecule is S=C1N[C@H](c2ccccn2)[C@H](c2ccc(-c3ccc(Cl)c(Cl)c3)o2)N1C1CCCCC1. The zero-order chi connectivity index (χ0) is 21.4. The first-order valence-electron chi connectivity index (χ1n) is 10.7. The molecule has 1 N–H and O–H groups in total. The number of nitrogens with one attached hydrogen (secondary N) is 1. The quantitative estimate of drug-likeness (QED) is 0.416. The Bertz CT molecular complexity index is 1080. The minimum Gasteiger partial charge on any atom is -0.459 e. The highest BCUT2D eigenvalue weighted by Gasteiger charge is 2.44. The van der Waals surface area contributed by atoms with Crippen LogP contribution in [0.15, 0.2) is 59.1 Å². The molecule has 5 rings (SSSR count). The third-order valence-electron chi connectivity index (χ3n) is 6.23. The highest BCUT2D eigenvalue weighted by Crippen LogP contribution is 2.43. The number of rotatable bonds is 4. The standard InChI is InChI=1S/C24H23Cl2N3OS/c25-17-10-9-15(14-18(17)26)20-11-12-21(30-20)23-22(19-8-4-5-13-27-19)28-24(31)29(23)16-6-2-1-3-7-16/h4-5,8-14,16,22-23H,1-3,6-7H2,(H,28,31)/t22-,23+/m1/s1. The van der Waals surface area contributed by atoms with Gasteiger partial charge in [0.15, 0.2) is 5.11 Å². The molecule has 4 nitrogen and oxygen atoms in total. The van der Waals surface area contributed by atoms with E-state index in [1.54, 1.807) is 6.07 Å². The van der Waals surface area contributed by atoms with Gasteiger partial charge in [0.1, 0.15) is 17.6 Å². The van der Waals surface area contributed by atoms with Gasteiger partial charge in [0.05, 0.1) is 21.8 Å². The fraction of sp³-hybridized carbons (Fsp3) is 0.333. The topological polar surface area (TPSA) is 41.3 Å². The van der Waals surface area contributed by atoms with Gasteiger partial charge in [-0.3, -0.25) is 4.98 Å². The smallest absolute Gasteiger partial charge is 0.170 e. The lowest BCUT2D eigenvalue weighted by Crippen LogP contribution is -2.40. The zero-order valence-electron chi connectivity index (χ0n) is 16.9. The predicted molar refractivity (Wildman–Crippen MR) is 128 cm³/mol. The first-order valence-corrected chi connectivity index (χ1v) is 11.8. The van der Waals surface area contributed by atoms with Crippen molar-refractivity contribution in [1.29, 1.82) is 0 Å². The molecule has 160 valence electrons. The van der Waals surface area contributed by atoms with Gasteiger partial charge in [0.25, 0.3) is 0 Å². The summed E-state index contributed by atoms with van der Waals surface area (Å²) in [5.41, 5.74) is 1.86. The van der Waals surface area contributed by atoms with Crippen molar-refractivity contribution in [1.82, 2.24) is 15.2 Å². The van der Waals surface area contributed by atoms with Gasteiger partial charge in [-0.25, -0.2) is 0 Å². The molecule has 1 aliphatic carbocycles. The molecule has 2 aromatic heterocycles. The van der Waals surface area contributed by atoms with Crippen LogP contribution in [0.2, 0.25) is 10.0 Å². The van der Waals surface area contributed by atoms with Crippen molar-refractivity contribution in [2.24, 2.45) is 0 Å². The number of halogens is 2. The molecule has 7 heteroatoms. The van der Waals surface area contributed by atoms with Crippen molar-refractivity contribution in [2.75, 3.05) is 0 Å². The van der Waals surface area contributed by atoms with Gasteiger partial charge in [-0.15, -0.1) is 0 Å². The third-order valence-corrected chi connectivity index (χ3v) is 7.29. The Kier molecular flexibility index (Phi) is 5.91. The summed E-state index contributed by atoms with van der Waals surface area (Å²) < 4.78 is 6.40. The summed E-state index contributed by atoms with van der Waals surface area (Å²) in [6.07, 6.45) is 7.88. The van der Waals surface area contributed by atoms with E-state index in [0.29, 0.717) is 16.1 Å². The van der Waals surface area contributed by atoms with Crippen molar-refractivity contribution in [3.05, 3.63) is 76.2 Å². The Hall–Kier alpha value is -2.08. The van der Waals surface area contributed by atoms with E-state index in [1.807, 2.05) is 48.7 Å². The molecule has 1 aromatic carbocycles. The summed E-state index contributed by atoms with van der Waals surface area (Å²) >= 11 is 18.1. The number of hydrogen-bond donors (Lipinski definition) is 1. The summed E-state index contributed by atoms with van der Waals surface area (Å²) in [4.78, 5) is 6.97. The number of aromatic nitrogens is 1. The monoisotopic (exact) mass is 471 g/mol. The molecular formula is C24H23Cl2N3OS. The molecule has 0 spiro atoms. The number of nitrogens with zero attached hydrogens (tertiary/aromatic N) is 2. The molecule has 2 aliphatic rings. The van der Waals surface area contributed by atoms with Crippen LogP contribution >= 0.6 is 35.4 Å². The second-order valence-corrected chi connectivity index (χ2v) is 9.36. The molecule has 3 heterocycles. The van der Waals surface area contributed by atoms with E-state index < -0.39 is 0 Å². The van der Waals surface area contributed by atoms with Crippen molar-refractivity contribution in [3.63, 3.8) is 0 Å². The molecule has 2 fully saturated rings. The van der Waals surface area contributed by atoms with E-state index in [0.717, 1.165) is 40.7 Å². The number of hydrogen-bond acceptors (Lipinski definition) is 3. The Morgan fingerprint density at radius 2 is 1.84 bits per heavy atom. The van der Waals surface area contributed by atoms with Crippen molar-refractivity contribution >= 4 is 40.5 Å². The van der Waals surface area contributed by atoms with Gasteiger partial charge in [-0.2, -0.15) is 0 Å². The largest absolute Gasteiger partial charge is 0.459 e. The molecular weight excluding hydrogens is 449 g/mol. The molecule has 2 atom stereocenters. The van der Waals surface area contributed by atoms with E-state index in [4.69, 9.17) is 39.8 Å². The van der Waals surface area contributed by atoms with Gasteiger partial charge in [-0.1, -0.05) is 48.5 Å². The highest BCUT2D eigenvalue weighted by molar-refractivity contribution is 7.80. The Balaban J connectivity index is 1.54. The Morgan fingerprint density at radius 1 is 1.00 bits per heavy atom. The normalized spacial score (nSPS) is 22.0. The lowest BCUT2D eigenvalue weighted by Gasteiger charge is -2.36. The molecule has 3 aromatic rings. The fourth-order valence-electron chi connectivity index (χ4n) is 4.74. The molecule has 0 bridgehead atoms. The van der Waals surface area contributed by atoms with E-state index in [-0.39, 0.29) is 12.1 Å². The van der Waals surface area contributed by atoms with Gasteiger partial charge in [0.2, 0.25) is 0 Å². The first kappa shape index (κ1) is 20.8. The predicted octanol–water partition coefficient (Wildman–Crippen LogP) is 6.95. The minimum absolute atomic E-state index is 0.0537. The van der Waals surface area contributed by atoms with Gasteiger partial charge in [0, 0.05) is 17.8 Å². The van der Waals surface area contributed by atoms with E-state index in [2.05, 4.69) is 15.2 Å². The van der Waals surface area contributed by atoms with Crippen LogP contribution in [0.1, 0.15) is 55.6 Å².